The molecule has 0 amide bonds. The summed E-state index contributed by atoms with van der Waals surface area (Å²) >= 11 is 0. The summed E-state index contributed by atoms with van der Waals surface area (Å²) < 4.78 is 25.6. The van der Waals surface area contributed by atoms with Gasteiger partial charge in [0.1, 0.15) is 0 Å². The van der Waals surface area contributed by atoms with Crippen LogP contribution in [0.3, 0.4) is 0 Å². The monoisotopic (exact) mass is 214 g/mol. The Labute approximate surface area is 88.7 Å². The molecular weight excluding hydrogens is 198 g/mol. The van der Waals surface area contributed by atoms with Crippen LogP contribution in [0.5, 0.6) is 0 Å². The summed E-state index contributed by atoms with van der Waals surface area (Å²) in [5.74, 6) is -1.67. The summed E-state index contributed by atoms with van der Waals surface area (Å²) in [5.41, 5.74) is -0.294. The molecule has 0 bridgehead atoms. The van der Waals surface area contributed by atoms with E-state index in [9.17, 15) is 13.9 Å². The van der Waals surface area contributed by atoms with Crippen LogP contribution in [0.4, 0.5) is 8.78 Å². The van der Waals surface area contributed by atoms with Crippen LogP contribution < -0.4 is 0 Å². The number of hydrogen-bond acceptors (Lipinski definition) is 1. The fourth-order valence-corrected chi connectivity index (χ4v) is 1.27. The molecule has 15 heavy (non-hydrogen) atoms. The van der Waals surface area contributed by atoms with Crippen LogP contribution >= 0.6 is 0 Å². The maximum atomic E-state index is 12.9. The Kier molecular flexibility index (Phi) is 3.45. The van der Waals surface area contributed by atoms with E-state index in [0.29, 0.717) is 12.0 Å². The van der Waals surface area contributed by atoms with E-state index in [4.69, 9.17) is 0 Å². The first-order valence-corrected chi connectivity index (χ1v) is 4.99. The number of rotatable bonds is 3. The third kappa shape index (κ3) is 2.99. The van der Waals surface area contributed by atoms with Crippen LogP contribution in [0.1, 0.15) is 26.3 Å². The van der Waals surface area contributed by atoms with E-state index in [-0.39, 0.29) is 5.92 Å². The van der Waals surface area contributed by atoms with Gasteiger partial charge >= 0.3 is 0 Å². The van der Waals surface area contributed by atoms with Crippen molar-refractivity contribution >= 4 is 0 Å². The van der Waals surface area contributed by atoms with Gasteiger partial charge in [-0.25, -0.2) is 8.78 Å². The first kappa shape index (κ1) is 12.1. The Morgan fingerprint density at radius 1 is 1.27 bits per heavy atom. The van der Waals surface area contributed by atoms with Gasteiger partial charge in [0.15, 0.2) is 11.6 Å². The topological polar surface area (TPSA) is 20.2 Å². The first-order valence-electron chi connectivity index (χ1n) is 4.99. The SMILES string of the molecule is CC(C)C(C)(O)Cc1ccc(F)c(F)c1. The number of halogens is 2. The fraction of sp³-hybridized carbons (Fsp3) is 0.500. The molecule has 1 unspecified atom stereocenters. The summed E-state index contributed by atoms with van der Waals surface area (Å²) in [6, 6.07) is 3.71. The molecule has 0 saturated heterocycles. The molecule has 0 aliphatic heterocycles. The molecule has 0 aliphatic carbocycles. The Morgan fingerprint density at radius 3 is 2.33 bits per heavy atom. The van der Waals surface area contributed by atoms with Gasteiger partial charge in [-0.1, -0.05) is 19.9 Å². The predicted octanol–water partition coefficient (Wildman–Crippen LogP) is 2.91. The lowest BCUT2D eigenvalue weighted by Gasteiger charge is -2.27. The van der Waals surface area contributed by atoms with Gasteiger partial charge in [0.25, 0.3) is 0 Å². The highest BCUT2D eigenvalue weighted by Gasteiger charge is 2.25. The van der Waals surface area contributed by atoms with Crippen LogP contribution in [0.2, 0.25) is 0 Å². The molecule has 0 spiro atoms. The van der Waals surface area contributed by atoms with Crippen LogP contribution in [-0.2, 0) is 6.42 Å². The molecule has 0 radical (unpaired) electrons. The first-order chi connectivity index (χ1) is 6.83. The summed E-state index contributed by atoms with van der Waals surface area (Å²) in [5, 5.41) is 9.99. The molecule has 0 fully saturated rings. The van der Waals surface area contributed by atoms with Crippen molar-refractivity contribution in [3.05, 3.63) is 35.4 Å². The standard InChI is InChI=1S/C12H16F2O/c1-8(2)12(3,15)7-9-4-5-10(13)11(14)6-9/h4-6,8,15H,7H2,1-3H3. The van der Waals surface area contributed by atoms with E-state index < -0.39 is 17.2 Å². The van der Waals surface area contributed by atoms with E-state index in [1.165, 1.54) is 6.07 Å². The molecule has 1 aromatic carbocycles. The fourth-order valence-electron chi connectivity index (χ4n) is 1.27. The Bertz CT molecular complexity index is 345. The lowest BCUT2D eigenvalue weighted by Crippen LogP contribution is -2.33. The zero-order valence-corrected chi connectivity index (χ0v) is 9.22. The van der Waals surface area contributed by atoms with Gasteiger partial charge in [0, 0.05) is 6.42 Å². The van der Waals surface area contributed by atoms with Crippen molar-refractivity contribution < 1.29 is 13.9 Å². The van der Waals surface area contributed by atoms with E-state index in [2.05, 4.69) is 0 Å². The van der Waals surface area contributed by atoms with Gasteiger partial charge in [-0.3, -0.25) is 0 Å². The second kappa shape index (κ2) is 4.27. The van der Waals surface area contributed by atoms with Crippen molar-refractivity contribution in [2.24, 2.45) is 5.92 Å². The molecule has 1 nitrogen and oxygen atoms in total. The average Bonchev–Trinajstić information content (AvgIpc) is 2.10. The van der Waals surface area contributed by atoms with Crippen molar-refractivity contribution in [2.45, 2.75) is 32.8 Å². The molecule has 0 aliphatic rings. The Morgan fingerprint density at radius 2 is 1.87 bits per heavy atom. The normalized spacial score (nSPS) is 15.4. The summed E-state index contributed by atoms with van der Waals surface area (Å²) in [7, 11) is 0. The number of hydrogen-bond donors (Lipinski definition) is 1. The lowest BCUT2D eigenvalue weighted by atomic mass is 9.86. The van der Waals surface area contributed by atoms with E-state index in [1.54, 1.807) is 6.92 Å². The summed E-state index contributed by atoms with van der Waals surface area (Å²) in [6.07, 6.45) is 0.321. The van der Waals surface area contributed by atoms with Crippen molar-refractivity contribution in [3.8, 4) is 0 Å². The summed E-state index contributed by atoms with van der Waals surface area (Å²) in [4.78, 5) is 0. The van der Waals surface area contributed by atoms with Crippen molar-refractivity contribution in [3.63, 3.8) is 0 Å². The molecule has 84 valence electrons. The molecule has 3 heteroatoms. The Balaban J connectivity index is 2.86. The highest BCUT2D eigenvalue weighted by Crippen LogP contribution is 2.22. The molecule has 1 rings (SSSR count). The maximum absolute atomic E-state index is 12.9. The van der Waals surface area contributed by atoms with Crippen LogP contribution in [0.15, 0.2) is 18.2 Å². The van der Waals surface area contributed by atoms with Crippen molar-refractivity contribution in [1.82, 2.24) is 0 Å². The van der Waals surface area contributed by atoms with Gasteiger partial charge in [0.2, 0.25) is 0 Å². The van der Waals surface area contributed by atoms with E-state index in [1.807, 2.05) is 13.8 Å². The molecule has 1 N–H and O–H groups in total. The molecular formula is C12H16F2O. The number of aliphatic hydroxyl groups is 1. The van der Waals surface area contributed by atoms with Crippen LogP contribution in [0, 0.1) is 17.6 Å². The van der Waals surface area contributed by atoms with Gasteiger partial charge < -0.3 is 5.11 Å². The average molecular weight is 214 g/mol. The zero-order valence-electron chi connectivity index (χ0n) is 9.22. The molecule has 0 saturated carbocycles. The Hall–Kier alpha value is -0.960. The smallest absolute Gasteiger partial charge is 0.159 e. The third-order valence-electron chi connectivity index (χ3n) is 2.79. The van der Waals surface area contributed by atoms with Gasteiger partial charge in [-0.05, 0) is 30.5 Å². The molecule has 0 heterocycles. The van der Waals surface area contributed by atoms with Gasteiger partial charge in [0.05, 0.1) is 5.60 Å². The number of benzene rings is 1. The minimum absolute atomic E-state index is 0.0608. The minimum atomic E-state index is -0.899. The van der Waals surface area contributed by atoms with Crippen LogP contribution in [-0.4, -0.2) is 10.7 Å². The summed E-state index contributed by atoms with van der Waals surface area (Å²) in [6.45, 7) is 5.47. The second-order valence-electron chi connectivity index (χ2n) is 4.44. The highest BCUT2D eigenvalue weighted by molar-refractivity contribution is 5.19. The largest absolute Gasteiger partial charge is 0.390 e. The molecule has 1 atom stereocenters. The third-order valence-corrected chi connectivity index (χ3v) is 2.79. The van der Waals surface area contributed by atoms with E-state index >= 15 is 0 Å². The van der Waals surface area contributed by atoms with Gasteiger partial charge in [-0.2, -0.15) is 0 Å². The van der Waals surface area contributed by atoms with E-state index in [0.717, 1.165) is 12.1 Å². The predicted molar refractivity (Wildman–Crippen MR) is 55.5 cm³/mol. The molecule has 0 aromatic heterocycles. The lowest BCUT2D eigenvalue weighted by molar-refractivity contribution is 0.0139. The highest BCUT2D eigenvalue weighted by atomic mass is 19.2. The second-order valence-corrected chi connectivity index (χ2v) is 4.44. The minimum Gasteiger partial charge on any atom is -0.390 e. The van der Waals surface area contributed by atoms with Crippen molar-refractivity contribution in [2.75, 3.05) is 0 Å². The maximum Gasteiger partial charge on any atom is 0.159 e. The molecule has 1 aromatic rings. The van der Waals surface area contributed by atoms with Gasteiger partial charge in [-0.15, -0.1) is 0 Å². The van der Waals surface area contributed by atoms with Crippen molar-refractivity contribution in [1.29, 1.82) is 0 Å². The quantitative estimate of drug-likeness (QED) is 0.820. The zero-order chi connectivity index (χ0) is 11.6. The van der Waals surface area contributed by atoms with Crippen LogP contribution in [0.25, 0.3) is 0 Å².